The largest absolute Gasteiger partial charge is 0.497 e. The van der Waals surface area contributed by atoms with Crippen LogP contribution in [0.4, 0.5) is 0 Å². The standard InChI is InChI=1S/C17H20N2O5/c1-23-12-2-3-13-14(16(20)17(21)22)11-19(15(13)10-12)5-4-18-6-8-24-9-7-18/h2-3,10-11H,4-9H2,1H3,(H,21,22). The van der Waals surface area contributed by atoms with E-state index in [9.17, 15) is 9.59 Å². The van der Waals surface area contributed by atoms with Crippen LogP contribution in [0.3, 0.4) is 0 Å². The van der Waals surface area contributed by atoms with Gasteiger partial charge < -0.3 is 19.1 Å². The molecule has 7 nitrogen and oxygen atoms in total. The summed E-state index contributed by atoms with van der Waals surface area (Å²) in [5.41, 5.74) is 1.01. The molecule has 7 heteroatoms. The number of carboxylic acid groups (broad SMARTS) is 1. The molecule has 0 unspecified atom stereocenters. The fraction of sp³-hybridized carbons (Fsp3) is 0.412. The number of aromatic nitrogens is 1. The monoisotopic (exact) mass is 332 g/mol. The Morgan fingerprint density at radius 1 is 1.25 bits per heavy atom. The van der Waals surface area contributed by atoms with E-state index in [1.807, 2.05) is 10.6 Å². The first kappa shape index (κ1) is 16.5. The Morgan fingerprint density at radius 3 is 2.67 bits per heavy atom. The van der Waals surface area contributed by atoms with Crippen molar-refractivity contribution >= 4 is 22.7 Å². The summed E-state index contributed by atoms with van der Waals surface area (Å²) in [6, 6.07) is 5.29. The number of hydrogen-bond acceptors (Lipinski definition) is 5. The SMILES string of the molecule is COc1ccc2c(C(=O)C(=O)O)cn(CCN3CCOCC3)c2c1. The van der Waals surface area contributed by atoms with Crippen LogP contribution in [-0.4, -0.2) is 66.3 Å². The lowest BCUT2D eigenvalue weighted by Crippen LogP contribution is -2.38. The number of ether oxygens (including phenoxy) is 2. The van der Waals surface area contributed by atoms with Gasteiger partial charge in [-0.1, -0.05) is 0 Å². The molecule has 1 N–H and O–H groups in total. The lowest BCUT2D eigenvalue weighted by Gasteiger charge is -2.26. The maximum atomic E-state index is 12.0. The van der Waals surface area contributed by atoms with Crippen LogP contribution in [0.5, 0.6) is 5.75 Å². The summed E-state index contributed by atoms with van der Waals surface area (Å²) >= 11 is 0. The molecule has 2 heterocycles. The molecule has 1 aliphatic heterocycles. The van der Waals surface area contributed by atoms with Crippen molar-refractivity contribution in [3.05, 3.63) is 30.0 Å². The first-order valence-electron chi connectivity index (χ1n) is 7.85. The Kier molecular flexibility index (Phi) is 4.82. The van der Waals surface area contributed by atoms with Gasteiger partial charge in [0, 0.05) is 43.8 Å². The van der Waals surface area contributed by atoms with E-state index in [2.05, 4.69) is 4.90 Å². The maximum Gasteiger partial charge on any atom is 0.377 e. The van der Waals surface area contributed by atoms with Gasteiger partial charge in [-0.15, -0.1) is 0 Å². The number of nitrogens with zero attached hydrogens (tertiary/aromatic N) is 2. The second-order valence-electron chi connectivity index (χ2n) is 5.71. The third-order valence-electron chi connectivity index (χ3n) is 4.29. The van der Waals surface area contributed by atoms with E-state index in [4.69, 9.17) is 14.6 Å². The molecule has 128 valence electrons. The molecule has 3 rings (SSSR count). The predicted octanol–water partition coefficient (Wildman–Crippen LogP) is 1.25. The number of fused-ring (bicyclic) bond motifs is 1. The van der Waals surface area contributed by atoms with E-state index in [1.165, 1.54) is 0 Å². The average molecular weight is 332 g/mol. The Labute approximate surface area is 139 Å². The molecule has 1 fully saturated rings. The van der Waals surface area contributed by atoms with E-state index >= 15 is 0 Å². The van der Waals surface area contributed by atoms with Crippen molar-refractivity contribution in [3.8, 4) is 5.75 Å². The zero-order valence-electron chi connectivity index (χ0n) is 13.5. The summed E-state index contributed by atoms with van der Waals surface area (Å²) in [5, 5.41) is 9.66. The van der Waals surface area contributed by atoms with E-state index < -0.39 is 11.8 Å². The van der Waals surface area contributed by atoms with Gasteiger partial charge in [0.1, 0.15) is 5.75 Å². The third-order valence-corrected chi connectivity index (χ3v) is 4.29. The number of morpholine rings is 1. The van der Waals surface area contributed by atoms with Crippen molar-refractivity contribution in [1.82, 2.24) is 9.47 Å². The maximum absolute atomic E-state index is 12.0. The number of methoxy groups -OCH3 is 1. The van der Waals surface area contributed by atoms with Gasteiger partial charge in [-0.05, 0) is 12.1 Å². The smallest absolute Gasteiger partial charge is 0.377 e. The first-order chi connectivity index (χ1) is 11.6. The molecule has 1 saturated heterocycles. The van der Waals surface area contributed by atoms with Crippen LogP contribution in [0.1, 0.15) is 10.4 Å². The van der Waals surface area contributed by atoms with Crippen LogP contribution < -0.4 is 4.74 Å². The second-order valence-corrected chi connectivity index (χ2v) is 5.71. The van der Waals surface area contributed by atoms with Crippen molar-refractivity contribution in [2.75, 3.05) is 40.0 Å². The summed E-state index contributed by atoms with van der Waals surface area (Å²) in [4.78, 5) is 25.3. The van der Waals surface area contributed by atoms with Crippen LogP contribution >= 0.6 is 0 Å². The van der Waals surface area contributed by atoms with Crippen molar-refractivity contribution in [3.63, 3.8) is 0 Å². The zero-order chi connectivity index (χ0) is 17.1. The van der Waals surface area contributed by atoms with E-state index in [0.29, 0.717) is 17.7 Å². The highest BCUT2D eigenvalue weighted by molar-refractivity contribution is 6.42. The Morgan fingerprint density at radius 2 is 2.00 bits per heavy atom. The predicted molar refractivity (Wildman–Crippen MR) is 87.7 cm³/mol. The average Bonchev–Trinajstić information content (AvgIpc) is 2.97. The summed E-state index contributed by atoms with van der Waals surface area (Å²) in [7, 11) is 1.57. The number of carbonyl (C=O) groups is 2. The Balaban J connectivity index is 1.92. The molecule has 0 amide bonds. The quantitative estimate of drug-likeness (QED) is 0.633. The molecule has 24 heavy (non-hydrogen) atoms. The number of rotatable bonds is 6. The highest BCUT2D eigenvalue weighted by atomic mass is 16.5. The van der Waals surface area contributed by atoms with Crippen molar-refractivity contribution in [2.45, 2.75) is 6.54 Å². The number of carbonyl (C=O) groups excluding carboxylic acids is 1. The molecule has 0 saturated carbocycles. The number of aliphatic carboxylic acids is 1. The lowest BCUT2D eigenvalue weighted by molar-refractivity contribution is -0.131. The summed E-state index contributed by atoms with van der Waals surface area (Å²) < 4.78 is 12.5. The number of ketones is 1. The molecular formula is C17H20N2O5. The molecule has 2 aromatic rings. The van der Waals surface area contributed by atoms with Gasteiger partial charge in [0.05, 0.1) is 31.4 Å². The Bertz CT molecular complexity index is 762. The van der Waals surface area contributed by atoms with Crippen LogP contribution in [0.15, 0.2) is 24.4 Å². The highest BCUT2D eigenvalue weighted by Crippen LogP contribution is 2.26. The molecule has 0 spiro atoms. The van der Waals surface area contributed by atoms with Gasteiger partial charge in [0.2, 0.25) is 0 Å². The molecule has 1 aromatic carbocycles. The summed E-state index contributed by atoms with van der Waals surface area (Å²) in [6.45, 7) is 4.68. The third kappa shape index (κ3) is 3.27. The summed E-state index contributed by atoms with van der Waals surface area (Å²) in [6.07, 6.45) is 1.63. The van der Waals surface area contributed by atoms with Gasteiger partial charge in [-0.3, -0.25) is 9.69 Å². The number of Topliss-reactive ketones (excluding diaryl/α,β-unsaturated/α-hetero) is 1. The minimum absolute atomic E-state index is 0.210. The fourth-order valence-corrected chi connectivity index (χ4v) is 2.95. The molecule has 0 atom stereocenters. The van der Waals surface area contributed by atoms with E-state index in [-0.39, 0.29) is 5.56 Å². The van der Waals surface area contributed by atoms with Crippen LogP contribution in [0, 0.1) is 0 Å². The van der Waals surface area contributed by atoms with Crippen LogP contribution in [-0.2, 0) is 16.1 Å². The van der Waals surface area contributed by atoms with Crippen LogP contribution in [0.2, 0.25) is 0 Å². The molecule has 1 aromatic heterocycles. The van der Waals surface area contributed by atoms with Crippen molar-refractivity contribution < 1.29 is 24.2 Å². The first-order valence-corrected chi connectivity index (χ1v) is 7.85. The van der Waals surface area contributed by atoms with Gasteiger partial charge in [0.15, 0.2) is 0 Å². The molecule has 0 aliphatic carbocycles. The molecule has 0 radical (unpaired) electrons. The van der Waals surface area contributed by atoms with Gasteiger partial charge in [-0.2, -0.15) is 0 Å². The summed E-state index contributed by atoms with van der Waals surface area (Å²) in [5.74, 6) is -1.67. The minimum atomic E-state index is -1.45. The molecular weight excluding hydrogens is 312 g/mol. The zero-order valence-corrected chi connectivity index (χ0v) is 13.5. The molecule has 0 bridgehead atoms. The fourth-order valence-electron chi connectivity index (χ4n) is 2.95. The Hall–Kier alpha value is -2.38. The normalized spacial score (nSPS) is 15.5. The highest BCUT2D eigenvalue weighted by Gasteiger charge is 2.21. The minimum Gasteiger partial charge on any atom is -0.497 e. The number of benzene rings is 1. The van der Waals surface area contributed by atoms with Crippen molar-refractivity contribution in [2.24, 2.45) is 0 Å². The van der Waals surface area contributed by atoms with E-state index in [1.54, 1.807) is 25.4 Å². The van der Waals surface area contributed by atoms with E-state index in [0.717, 1.165) is 38.4 Å². The lowest BCUT2D eigenvalue weighted by atomic mass is 10.1. The van der Waals surface area contributed by atoms with Gasteiger partial charge >= 0.3 is 5.97 Å². The number of hydrogen-bond donors (Lipinski definition) is 1. The topological polar surface area (TPSA) is 81.0 Å². The van der Waals surface area contributed by atoms with Crippen LogP contribution in [0.25, 0.3) is 10.9 Å². The van der Waals surface area contributed by atoms with Gasteiger partial charge in [-0.25, -0.2) is 4.79 Å². The number of carboxylic acids is 1. The second kappa shape index (κ2) is 7.02. The van der Waals surface area contributed by atoms with Crippen molar-refractivity contribution in [1.29, 1.82) is 0 Å². The van der Waals surface area contributed by atoms with Gasteiger partial charge in [0.25, 0.3) is 5.78 Å². The molecule has 1 aliphatic rings.